The summed E-state index contributed by atoms with van der Waals surface area (Å²) >= 11 is 1.35. The second kappa shape index (κ2) is 6.31. The van der Waals surface area contributed by atoms with Gasteiger partial charge in [0, 0.05) is 7.05 Å². The molecule has 7 heteroatoms. The smallest absolute Gasteiger partial charge is 0.262 e. The van der Waals surface area contributed by atoms with Crippen LogP contribution in [0, 0.1) is 0 Å². The maximum Gasteiger partial charge on any atom is 0.262 e. The van der Waals surface area contributed by atoms with Crippen LogP contribution in [0.3, 0.4) is 0 Å². The van der Waals surface area contributed by atoms with Gasteiger partial charge in [-0.25, -0.2) is 14.6 Å². The Bertz CT molecular complexity index is 790. The van der Waals surface area contributed by atoms with Crippen LogP contribution in [-0.2, 0) is 0 Å². The van der Waals surface area contributed by atoms with Gasteiger partial charge < -0.3 is 5.32 Å². The van der Waals surface area contributed by atoms with E-state index in [2.05, 4.69) is 20.4 Å². The lowest BCUT2D eigenvalue weighted by Crippen LogP contribution is -2.16. The van der Waals surface area contributed by atoms with Crippen LogP contribution in [0.1, 0.15) is 20.2 Å². The molecule has 0 bridgehead atoms. The fourth-order valence-electron chi connectivity index (χ4n) is 1.84. The number of amides is 1. The molecule has 2 heterocycles. The molecule has 3 aromatic rings. The van der Waals surface area contributed by atoms with E-state index >= 15 is 0 Å². The predicted octanol–water partition coefficient (Wildman–Crippen LogP) is 2.25. The number of carbonyl (C=O) groups excluding carboxylic acids is 1. The third kappa shape index (κ3) is 3.09. The predicted molar refractivity (Wildman–Crippen MR) is 85.8 cm³/mol. The van der Waals surface area contributed by atoms with Crippen molar-refractivity contribution in [3.05, 3.63) is 58.6 Å². The lowest BCUT2D eigenvalue weighted by molar-refractivity contribution is 0.0967. The zero-order chi connectivity index (χ0) is 15.4. The number of nitrogens with one attached hydrogen (secondary N) is 1. The Morgan fingerprint density at radius 3 is 2.77 bits per heavy atom. The lowest BCUT2D eigenvalue weighted by atomic mass is 10.2. The van der Waals surface area contributed by atoms with E-state index in [9.17, 15) is 4.79 Å². The Morgan fingerprint density at radius 2 is 2.09 bits per heavy atom. The number of aromatic nitrogens is 4. The van der Waals surface area contributed by atoms with E-state index in [1.54, 1.807) is 24.3 Å². The van der Waals surface area contributed by atoms with Crippen molar-refractivity contribution in [2.75, 3.05) is 7.05 Å². The summed E-state index contributed by atoms with van der Waals surface area (Å²) in [5.41, 5.74) is 1.99. The standard InChI is InChI=1S/C15H13N5OS/c1-16-15(21)13-8-18-14(22-13)7-4-11-2-5-12(6-3-11)20-10-17-9-19-20/h2-10H,1H3,(H,16,21). The molecule has 0 saturated carbocycles. The highest BCUT2D eigenvalue weighted by Crippen LogP contribution is 2.16. The molecule has 2 aromatic heterocycles. The number of rotatable bonds is 4. The summed E-state index contributed by atoms with van der Waals surface area (Å²) < 4.78 is 1.70. The molecule has 22 heavy (non-hydrogen) atoms. The second-order valence-electron chi connectivity index (χ2n) is 4.41. The Kier molecular flexibility index (Phi) is 4.06. The van der Waals surface area contributed by atoms with Crippen LogP contribution in [-0.4, -0.2) is 32.7 Å². The van der Waals surface area contributed by atoms with Crippen molar-refractivity contribution in [3.8, 4) is 5.69 Å². The third-order valence-corrected chi connectivity index (χ3v) is 3.93. The summed E-state index contributed by atoms with van der Waals surface area (Å²) in [6, 6.07) is 7.90. The molecule has 1 aromatic carbocycles. The number of thiazole rings is 1. The van der Waals surface area contributed by atoms with Crippen molar-refractivity contribution in [3.63, 3.8) is 0 Å². The van der Waals surface area contributed by atoms with Gasteiger partial charge >= 0.3 is 0 Å². The van der Waals surface area contributed by atoms with Crippen LogP contribution in [0.5, 0.6) is 0 Å². The summed E-state index contributed by atoms with van der Waals surface area (Å²) in [5.74, 6) is -0.116. The molecular weight excluding hydrogens is 298 g/mol. The highest BCUT2D eigenvalue weighted by atomic mass is 32.1. The van der Waals surface area contributed by atoms with Gasteiger partial charge in [-0.15, -0.1) is 11.3 Å². The van der Waals surface area contributed by atoms with Crippen molar-refractivity contribution in [2.24, 2.45) is 0 Å². The number of hydrogen-bond acceptors (Lipinski definition) is 5. The van der Waals surface area contributed by atoms with Gasteiger partial charge in [-0.2, -0.15) is 5.10 Å². The van der Waals surface area contributed by atoms with Crippen molar-refractivity contribution in [1.29, 1.82) is 0 Å². The third-order valence-electron chi connectivity index (χ3n) is 2.97. The molecule has 0 spiro atoms. The Labute approximate surface area is 131 Å². The first kappa shape index (κ1) is 14.2. The van der Waals surface area contributed by atoms with Gasteiger partial charge in [0.2, 0.25) is 0 Å². The number of carbonyl (C=O) groups is 1. The second-order valence-corrected chi connectivity index (χ2v) is 5.47. The highest BCUT2D eigenvalue weighted by molar-refractivity contribution is 7.14. The Balaban J connectivity index is 1.72. The minimum Gasteiger partial charge on any atom is -0.354 e. The van der Waals surface area contributed by atoms with E-state index in [0.29, 0.717) is 4.88 Å². The molecule has 0 radical (unpaired) electrons. The summed E-state index contributed by atoms with van der Waals surface area (Å²) in [4.78, 5) is 20.2. The molecule has 0 aliphatic rings. The van der Waals surface area contributed by atoms with E-state index < -0.39 is 0 Å². The molecule has 0 aliphatic heterocycles. The van der Waals surface area contributed by atoms with Crippen molar-refractivity contribution >= 4 is 29.4 Å². The summed E-state index contributed by atoms with van der Waals surface area (Å²) in [6.07, 6.45) is 8.58. The monoisotopic (exact) mass is 311 g/mol. The largest absolute Gasteiger partial charge is 0.354 e. The van der Waals surface area contributed by atoms with E-state index in [1.165, 1.54) is 17.7 Å². The first-order chi connectivity index (χ1) is 10.8. The number of hydrogen-bond donors (Lipinski definition) is 1. The zero-order valence-corrected chi connectivity index (χ0v) is 12.6. The van der Waals surface area contributed by atoms with Crippen LogP contribution >= 0.6 is 11.3 Å². The Hall–Kier alpha value is -2.80. The molecule has 0 atom stereocenters. The molecule has 110 valence electrons. The first-order valence-corrected chi connectivity index (χ1v) is 7.39. The molecule has 6 nitrogen and oxygen atoms in total. The van der Waals surface area contributed by atoms with Gasteiger partial charge in [-0.05, 0) is 23.8 Å². The van der Waals surface area contributed by atoms with Crippen LogP contribution in [0.4, 0.5) is 0 Å². The van der Waals surface area contributed by atoms with Gasteiger partial charge in [-0.1, -0.05) is 18.2 Å². The lowest BCUT2D eigenvalue weighted by Gasteiger charge is -2.00. The SMILES string of the molecule is CNC(=O)c1cnc(C=Cc2ccc(-n3cncn3)cc2)s1. The minimum absolute atomic E-state index is 0.116. The first-order valence-electron chi connectivity index (χ1n) is 6.57. The van der Waals surface area contributed by atoms with Gasteiger partial charge in [0.15, 0.2) is 0 Å². The molecule has 0 aliphatic carbocycles. The normalized spacial score (nSPS) is 11.0. The average molecular weight is 311 g/mol. The van der Waals surface area contributed by atoms with Gasteiger partial charge in [0.05, 0.1) is 11.9 Å². The van der Waals surface area contributed by atoms with Gasteiger partial charge in [-0.3, -0.25) is 4.79 Å². The van der Waals surface area contributed by atoms with Crippen molar-refractivity contribution < 1.29 is 4.79 Å². The summed E-state index contributed by atoms with van der Waals surface area (Å²) in [5, 5.41) is 7.45. The quantitative estimate of drug-likeness (QED) is 0.802. The van der Waals surface area contributed by atoms with Crippen LogP contribution in [0.2, 0.25) is 0 Å². The topological polar surface area (TPSA) is 72.7 Å². The Morgan fingerprint density at radius 1 is 1.27 bits per heavy atom. The molecule has 3 rings (SSSR count). The molecular formula is C15H13N5OS. The molecule has 1 amide bonds. The van der Waals surface area contributed by atoms with E-state index in [-0.39, 0.29) is 5.91 Å². The van der Waals surface area contributed by atoms with E-state index in [0.717, 1.165) is 16.3 Å². The molecule has 0 unspecified atom stereocenters. The average Bonchev–Trinajstić information content (AvgIpc) is 3.24. The summed E-state index contributed by atoms with van der Waals surface area (Å²) in [6.45, 7) is 0. The molecule has 0 saturated heterocycles. The molecule has 0 fully saturated rings. The zero-order valence-electron chi connectivity index (χ0n) is 11.8. The number of nitrogens with zero attached hydrogens (tertiary/aromatic N) is 4. The minimum atomic E-state index is -0.116. The van der Waals surface area contributed by atoms with Crippen LogP contribution in [0.25, 0.3) is 17.8 Å². The highest BCUT2D eigenvalue weighted by Gasteiger charge is 2.06. The van der Waals surface area contributed by atoms with Crippen molar-refractivity contribution in [2.45, 2.75) is 0 Å². The van der Waals surface area contributed by atoms with Gasteiger partial charge in [0.25, 0.3) is 5.91 Å². The van der Waals surface area contributed by atoms with Gasteiger partial charge in [0.1, 0.15) is 22.5 Å². The fraction of sp³-hybridized carbons (Fsp3) is 0.0667. The van der Waals surface area contributed by atoms with E-state index in [1.807, 2.05) is 36.4 Å². The van der Waals surface area contributed by atoms with E-state index in [4.69, 9.17) is 0 Å². The number of benzene rings is 1. The molecule has 1 N–H and O–H groups in total. The fourth-order valence-corrected chi connectivity index (χ4v) is 2.61. The van der Waals surface area contributed by atoms with Crippen LogP contribution in [0.15, 0.2) is 43.1 Å². The van der Waals surface area contributed by atoms with Crippen molar-refractivity contribution in [1.82, 2.24) is 25.1 Å². The maximum atomic E-state index is 11.5. The maximum absolute atomic E-state index is 11.5. The van der Waals surface area contributed by atoms with Crippen LogP contribution < -0.4 is 5.32 Å². The summed E-state index contributed by atoms with van der Waals surface area (Å²) in [7, 11) is 1.61.